The Morgan fingerprint density at radius 2 is 0.896 bits per heavy atom. The molecule has 0 spiro atoms. The number of benzene rings is 7. The summed E-state index contributed by atoms with van der Waals surface area (Å²) in [5.41, 5.74) is 13.0. The van der Waals surface area contributed by atoms with Crippen LogP contribution in [0.1, 0.15) is 32.1 Å². The van der Waals surface area contributed by atoms with Gasteiger partial charge in [-0.15, -0.1) is 0 Å². The highest BCUT2D eigenvalue weighted by Crippen LogP contribution is 2.29. The molecule has 14 rings (SSSR count). The van der Waals surface area contributed by atoms with Crippen LogP contribution in [-0.4, -0.2) is 39.9 Å². The third-order valence-corrected chi connectivity index (χ3v) is 11.9. The fourth-order valence-corrected chi connectivity index (χ4v) is 8.50. The van der Waals surface area contributed by atoms with E-state index in [0.717, 1.165) is 55.6 Å². The minimum Gasteiger partial charge on any atom is -0.355 e. The van der Waals surface area contributed by atoms with Crippen LogP contribution in [0.25, 0.3) is 87.9 Å². The van der Waals surface area contributed by atoms with Crippen molar-refractivity contribution in [3.8, 4) is 0 Å². The van der Waals surface area contributed by atoms with Crippen LogP contribution < -0.4 is 0 Å². The van der Waals surface area contributed by atoms with Gasteiger partial charge < -0.3 is 4.98 Å². The summed E-state index contributed by atoms with van der Waals surface area (Å²) >= 11 is 0. The zero-order valence-electron chi connectivity index (χ0n) is 37.0. The molecule has 0 bridgehead atoms. The van der Waals surface area contributed by atoms with Crippen molar-refractivity contribution in [2.24, 2.45) is 5.92 Å². The number of hydrogen-bond acceptors (Lipinski definition) is 7. The molecule has 324 valence electrons. The summed E-state index contributed by atoms with van der Waals surface area (Å²) in [6.07, 6.45) is 21.2. The maximum Gasteiger partial charge on any atom is 0.181 e. The summed E-state index contributed by atoms with van der Waals surface area (Å²) < 4.78 is 0. The molecule has 2 aliphatic rings. The molecule has 0 fully saturated rings. The van der Waals surface area contributed by atoms with Gasteiger partial charge in [-0.25, -0.2) is 34.9 Å². The molecule has 0 amide bonds. The number of rotatable bonds is 1. The smallest absolute Gasteiger partial charge is 0.181 e. The normalized spacial score (nSPS) is 14.1. The first-order valence-corrected chi connectivity index (χ1v) is 22.9. The van der Waals surface area contributed by atoms with Crippen molar-refractivity contribution in [2.75, 3.05) is 0 Å². The van der Waals surface area contributed by atoms with Crippen molar-refractivity contribution < 1.29 is 0 Å². The molecule has 1 unspecified atom stereocenters. The molecule has 0 radical (unpaired) electrons. The molecular weight excluding hydrogens is 821 g/mol. The summed E-state index contributed by atoms with van der Waals surface area (Å²) in [6.45, 7) is 0. The molecule has 1 atom stereocenters. The van der Waals surface area contributed by atoms with Gasteiger partial charge in [0.1, 0.15) is 11.8 Å². The summed E-state index contributed by atoms with van der Waals surface area (Å²) in [4.78, 5) is 33.7. The van der Waals surface area contributed by atoms with Crippen molar-refractivity contribution in [3.05, 3.63) is 224 Å². The van der Waals surface area contributed by atoms with Gasteiger partial charge in [0.15, 0.2) is 5.65 Å². The number of para-hydroxylation sites is 10. The Hall–Kier alpha value is -8.49. The van der Waals surface area contributed by atoms with E-state index in [1.807, 2.05) is 109 Å². The van der Waals surface area contributed by atoms with Gasteiger partial charge in [0.2, 0.25) is 0 Å². The van der Waals surface area contributed by atoms with E-state index < -0.39 is 0 Å². The van der Waals surface area contributed by atoms with E-state index in [0.29, 0.717) is 5.65 Å². The molecule has 67 heavy (non-hydrogen) atoms. The summed E-state index contributed by atoms with van der Waals surface area (Å²) in [6, 6.07) is 58.9. The first-order chi connectivity index (χ1) is 33.2. The van der Waals surface area contributed by atoms with E-state index >= 15 is 0 Å². The van der Waals surface area contributed by atoms with Crippen molar-refractivity contribution >= 4 is 87.9 Å². The second-order valence-corrected chi connectivity index (χ2v) is 16.4. The first kappa shape index (κ1) is 42.5. The largest absolute Gasteiger partial charge is 0.355 e. The Labute approximate surface area is 388 Å². The van der Waals surface area contributed by atoms with Crippen molar-refractivity contribution in [1.29, 1.82) is 0 Å². The lowest BCUT2D eigenvalue weighted by Crippen LogP contribution is -2.05. The summed E-state index contributed by atoms with van der Waals surface area (Å²) in [5.74, 6) is 0.826. The topological polar surface area (TPSA) is 106 Å². The fourth-order valence-electron chi connectivity index (χ4n) is 8.50. The Kier molecular flexibility index (Phi) is 13.0. The van der Waals surface area contributed by atoms with Crippen LogP contribution in [0.15, 0.2) is 224 Å². The molecule has 12 aromatic rings. The molecular formula is C59H48N8. The Morgan fingerprint density at radius 1 is 0.418 bits per heavy atom. The van der Waals surface area contributed by atoms with Gasteiger partial charge in [-0.05, 0) is 110 Å². The number of allylic oxidation sites excluding steroid dienone is 6. The van der Waals surface area contributed by atoms with Crippen LogP contribution >= 0.6 is 0 Å². The lowest BCUT2D eigenvalue weighted by Gasteiger charge is -2.20. The van der Waals surface area contributed by atoms with Crippen LogP contribution in [0, 0.1) is 5.92 Å². The number of fused-ring (bicyclic) bond motifs is 9. The van der Waals surface area contributed by atoms with Crippen LogP contribution in [0.3, 0.4) is 0 Å². The average Bonchev–Trinajstić information content (AvgIpc) is 3.79. The molecule has 0 saturated heterocycles. The van der Waals surface area contributed by atoms with Crippen LogP contribution in [0.2, 0.25) is 0 Å². The zero-order valence-corrected chi connectivity index (χ0v) is 37.0. The van der Waals surface area contributed by atoms with Gasteiger partial charge in [-0.3, -0.25) is 0 Å². The van der Waals surface area contributed by atoms with Crippen LogP contribution in [0.4, 0.5) is 0 Å². The van der Waals surface area contributed by atoms with Gasteiger partial charge in [-0.1, -0.05) is 140 Å². The van der Waals surface area contributed by atoms with E-state index in [2.05, 4.69) is 137 Å². The van der Waals surface area contributed by atoms with Crippen molar-refractivity contribution in [1.82, 2.24) is 39.9 Å². The van der Waals surface area contributed by atoms with Crippen LogP contribution in [-0.2, 0) is 0 Å². The molecule has 7 aromatic carbocycles. The Balaban J connectivity index is 0.0000000981. The lowest BCUT2D eigenvalue weighted by atomic mass is 9.85. The SMILES string of the molecule is C1=CC(C2CC=CCC2)=CCC1.c1ccc2c(c1)[nH]c1ccccc12.c1ccc2nc3ccccc3cc2c1.c1ccc2nc3ccccc3nc2c1.c1ccc2nc3ncncc3nc2c1. The predicted molar refractivity (Wildman–Crippen MR) is 278 cm³/mol. The Bertz CT molecular complexity index is 3090. The predicted octanol–water partition coefficient (Wildman–Crippen LogP) is 14.7. The molecule has 0 aliphatic heterocycles. The van der Waals surface area contributed by atoms with Crippen molar-refractivity contribution in [3.63, 3.8) is 0 Å². The van der Waals surface area contributed by atoms with E-state index in [-0.39, 0.29) is 0 Å². The maximum absolute atomic E-state index is 4.58. The standard InChI is InChI=1S/C13H9N.C12H8N2.C12H9N.C12H16.C10H6N4/c1-3-7-12-10(5-1)9-11-6-2-4-8-13(11)14-12;1-2-6-10-9(5-1)13-11-7-3-4-8-12(11)14-10;1-3-7-11-9(5-1)10-6-2-4-8-12(10)13-11;1-3-7-11(8-4-1)12-9-5-2-6-10-12;1-2-4-8-7(3-1)13-9-5-11-6-12-10(9)14-8/h1-9H;1-8H;1-8,13H;1,3,5,9-11H,2,4,6-8H2;1-6H. The second-order valence-electron chi connectivity index (χ2n) is 16.4. The molecule has 0 saturated carbocycles. The molecule has 8 heteroatoms. The number of pyridine rings is 1. The maximum atomic E-state index is 4.58. The quantitative estimate of drug-likeness (QED) is 0.129. The summed E-state index contributed by atoms with van der Waals surface area (Å²) in [5, 5.41) is 5.01. The highest BCUT2D eigenvalue weighted by atomic mass is 14.9. The van der Waals surface area contributed by atoms with Gasteiger partial charge in [0.05, 0.1) is 50.3 Å². The number of nitrogens with zero attached hydrogens (tertiary/aromatic N) is 7. The van der Waals surface area contributed by atoms with E-state index in [9.17, 15) is 0 Å². The van der Waals surface area contributed by atoms with Gasteiger partial charge in [0, 0.05) is 32.6 Å². The van der Waals surface area contributed by atoms with Crippen LogP contribution in [0.5, 0.6) is 0 Å². The lowest BCUT2D eigenvalue weighted by molar-refractivity contribution is 0.559. The minimum atomic E-state index is 0.638. The molecule has 1 N–H and O–H groups in total. The molecule has 5 aromatic heterocycles. The third-order valence-electron chi connectivity index (χ3n) is 11.9. The number of hydrogen-bond donors (Lipinski definition) is 1. The zero-order chi connectivity index (χ0) is 45.0. The molecule has 5 heterocycles. The average molecular weight is 869 g/mol. The van der Waals surface area contributed by atoms with Gasteiger partial charge >= 0.3 is 0 Å². The highest BCUT2D eigenvalue weighted by Gasteiger charge is 2.13. The minimum absolute atomic E-state index is 0.638. The van der Waals surface area contributed by atoms with Crippen molar-refractivity contribution in [2.45, 2.75) is 32.1 Å². The summed E-state index contributed by atoms with van der Waals surface area (Å²) in [7, 11) is 0. The fraction of sp³-hybridized carbons (Fsp3) is 0.102. The third kappa shape index (κ3) is 10.2. The number of H-pyrrole nitrogens is 1. The highest BCUT2D eigenvalue weighted by molar-refractivity contribution is 6.07. The number of nitrogens with one attached hydrogen (secondary N) is 1. The Morgan fingerprint density at radius 3 is 1.42 bits per heavy atom. The van der Waals surface area contributed by atoms with Gasteiger partial charge in [0.25, 0.3) is 0 Å². The second kappa shape index (κ2) is 20.6. The van der Waals surface area contributed by atoms with E-state index in [4.69, 9.17) is 0 Å². The molecule has 8 nitrogen and oxygen atoms in total. The van der Waals surface area contributed by atoms with Gasteiger partial charge in [-0.2, -0.15) is 0 Å². The number of aromatic nitrogens is 8. The number of aromatic amines is 1. The van der Waals surface area contributed by atoms with E-state index in [1.165, 1.54) is 71.0 Å². The van der Waals surface area contributed by atoms with E-state index in [1.54, 1.807) is 11.8 Å². The monoisotopic (exact) mass is 868 g/mol. The molecule has 2 aliphatic carbocycles. The first-order valence-electron chi connectivity index (χ1n) is 22.9.